The molecule has 1 aromatic heterocycles. The molecule has 22 heavy (non-hydrogen) atoms. The zero-order valence-corrected chi connectivity index (χ0v) is 12.5. The minimum Gasteiger partial charge on any atom is -0.274 e. The fourth-order valence-corrected chi connectivity index (χ4v) is 2.75. The Bertz CT molecular complexity index is 733. The van der Waals surface area contributed by atoms with Crippen LogP contribution in [-0.2, 0) is 16.1 Å². The second-order valence-corrected chi connectivity index (χ2v) is 5.43. The molecule has 0 aliphatic carbocycles. The van der Waals surface area contributed by atoms with Crippen molar-refractivity contribution < 1.29 is 14.0 Å². The van der Waals surface area contributed by atoms with E-state index in [1.165, 1.54) is 17.0 Å². The Labute approximate surface area is 127 Å². The van der Waals surface area contributed by atoms with Gasteiger partial charge in [-0.2, -0.15) is 5.10 Å². The number of carbonyl (C=O) groups is 2. The number of aromatic nitrogens is 2. The van der Waals surface area contributed by atoms with Crippen molar-refractivity contribution in [2.75, 3.05) is 4.90 Å². The van der Waals surface area contributed by atoms with Gasteiger partial charge in [0.25, 0.3) is 0 Å². The molecule has 1 aromatic carbocycles. The maximum atomic E-state index is 13.0. The highest BCUT2D eigenvalue weighted by Crippen LogP contribution is 2.29. The van der Waals surface area contributed by atoms with E-state index in [9.17, 15) is 14.0 Å². The highest BCUT2D eigenvalue weighted by atomic mass is 19.1. The van der Waals surface area contributed by atoms with Gasteiger partial charge in [-0.15, -0.1) is 0 Å². The summed E-state index contributed by atoms with van der Waals surface area (Å²) in [6, 6.07) is 6.18. The standard InChI is InChI=1S/C16H16FN3O2/c1-10-16(20-14(21)7-8-15(20)22)11(2)19(18-10)9-12-3-5-13(17)6-4-12/h3-6H,7-9H2,1-2H3. The predicted molar refractivity (Wildman–Crippen MR) is 78.9 cm³/mol. The molecule has 1 aliphatic rings. The number of benzene rings is 1. The van der Waals surface area contributed by atoms with E-state index in [2.05, 4.69) is 5.10 Å². The van der Waals surface area contributed by atoms with Gasteiger partial charge in [0.2, 0.25) is 11.8 Å². The molecule has 5 nitrogen and oxygen atoms in total. The quantitative estimate of drug-likeness (QED) is 0.818. The second-order valence-electron chi connectivity index (χ2n) is 5.43. The zero-order chi connectivity index (χ0) is 15.9. The number of imide groups is 1. The normalized spacial score (nSPS) is 15.0. The molecule has 2 amide bonds. The molecule has 1 saturated heterocycles. The molecule has 0 radical (unpaired) electrons. The third-order valence-corrected chi connectivity index (χ3v) is 3.86. The Morgan fingerprint density at radius 1 is 1.09 bits per heavy atom. The van der Waals surface area contributed by atoms with Crippen LogP contribution in [0.15, 0.2) is 24.3 Å². The van der Waals surface area contributed by atoms with E-state index in [1.807, 2.05) is 6.92 Å². The van der Waals surface area contributed by atoms with Gasteiger partial charge in [-0.3, -0.25) is 14.3 Å². The van der Waals surface area contributed by atoms with E-state index >= 15 is 0 Å². The molecule has 0 N–H and O–H groups in total. The Hall–Kier alpha value is -2.50. The summed E-state index contributed by atoms with van der Waals surface area (Å²) in [4.78, 5) is 25.1. The first-order valence-corrected chi connectivity index (χ1v) is 7.11. The van der Waals surface area contributed by atoms with Crippen LogP contribution in [0.4, 0.5) is 10.1 Å². The summed E-state index contributed by atoms with van der Waals surface area (Å²) in [7, 11) is 0. The highest BCUT2D eigenvalue weighted by Gasteiger charge is 2.34. The first-order valence-electron chi connectivity index (χ1n) is 7.11. The van der Waals surface area contributed by atoms with Crippen LogP contribution in [0.5, 0.6) is 0 Å². The van der Waals surface area contributed by atoms with E-state index in [1.54, 1.807) is 23.7 Å². The number of aryl methyl sites for hydroxylation is 1. The van der Waals surface area contributed by atoms with Crippen molar-refractivity contribution in [3.05, 3.63) is 47.0 Å². The Kier molecular flexibility index (Phi) is 3.52. The van der Waals surface area contributed by atoms with Crippen LogP contribution in [0.3, 0.4) is 0 Å². The molecular formula is C16H16FN3O2. The van der Waals surface area contributed by atoms with Gasteiger partial charge in [0, 0.05) is 12.8 Å². The number of hydrogen-bond donors (Lipinski definition) is 0. The van der Waals surface area contributed by atoms with Crippen molar-refractivity contribution >= 4 is 17.5 Å². The molecule has 2 aromatic rings. The molecule has 0 bridgehead atoms. The fourth-order valence-electron chi connectivity index (χ4n) is 2.75. The number of carbonyl (C=O) groups excluding carboxylic acids is 2. The summed E-state index contributed by atoms with van der Waals surface area (Å²) in [6.45, 7) is 4.07. The molecule has 6 heteroatoms. The monoisotopic (exact) mass is 301 g/mol. The molecule has 114 valence electrons. The van der Waals surface area contributed by atoms with E-state index in [4.69, 9.17) is 0 Å². The molecule has 0 atom stereocenters. The average molecular weight is 301 g/mol. The van der Waals surface area contributed by atoms with Crippen LogP contribution < -0.4 is 4.90 Å². The fraction of sp³-hybridized carbons (Fsp3) is 0.312. The first kappa shape index (κ1) is 14.4. The highest BCUT2D eigenvalue weighted by molar-refractivity contribution is 6.20. The summed E-state index contributed by atoms with van der Waals surface area (Å²) in [5.41, 5.74) is 2.88. The number of hydrogen-bond acceptors (Lipinski definition) is 3. The lowest BCUT2D eigenvalue weighted by Gasteiger charge is -2.14. The number of halogens is 1. The zero-order valence-electron chi connectivity index (χ0n) is 12.5. The smallest absolute Gasteiger partial charge is 0.234 e. The van der Waals surface area contributed by atoms with Gasteiger partial charge in [0.15, 0.2) is 0 Å². The van der Waals surface area contributed by atoms with Crippen LogP contribution >= 0.6 is 0 Å². The van der Waals surface area contributed by atoms with E-state index in [0.29, 0.717) is 17.9 Å². The third-order valence-electron chi connectivity index (χ3n) is 3.86. The van der Waals surface area contributed by atoms with Gasteiger partial charge in [-0.25, -0.2) is 9.29 Å². The Balaban J connectivity index is 1.95. The maximum absolute atomic E-state index is 13.0. The second kappa shape index (κ2) is 5.36. The largest absolute Gasteiger partial charge is 0.274 e. The molecule has 1 aliphatic heterocycles. The summed E-state index contributed by atoms with van der Waals surface area (Å²) < 4.78 is 14.7. The minimum absolute atomic E-state index is 0.183. The summed E-state index contributed by atoms with van der Waals surface area (Å²) in [5, 5.41) is 4.42. The van der Waals surface area contributed by atoms with Crippen LogP contribution in [0.2, 0.25) is 0 Å². The number of amides is 2. The van der Waals surface area contributed by atoms with Crippen LogP contribution in [0.1, 0.15) is 29.8 Å². The van der Waals surface area contributed by atoms with Gasteiger partial charge >= 0.3 is 0 Å². The first-order chi connectivity index (χ1) is 10.5. The molecule has 0 saturated carbocycles. The van der Waals surface area contributed by atoms with Crippen molar-refractivity contribution in [3.8, 4) is 0 Å². The predicted octanol–water partition coefficient (Wildman–Crippen LogP) is 2.34. The number of nitrogens with zero attached hydrogens (tertiary/aromatic N) is 3. The lowest BCUT2D eigenvalue weighted by Crippen LogP contribution is -2.29. The van der Waals surface area contributed by atoms with E-state index in [-0.39, 0.29) is 30.5 Å². The third kappa shape index (κ3) is 2.41. The summed E-state index contributed by atoms with van der Waals surface area (Å²) in [6.07, 6.45) is 0.502. The van der Waals surface area contributed by atoms with Crippen molar-refractivity contribution in [1.82, 2.24) is 9.78 Å². The lowest BCUT2D eigenvalue weighted by molar-refractivity contribution is -0.121. The van der Waals surface area contributed by atoms with Gasteiger partial charge < -0.3 is 0 Å². The lowest BCUT2D eigenvalue weighted by atomic mass is 10.2. The molecule has 0 spiro atoms. The topological polar surface area (TPSA) is 55.2 Å². The van der Waals surface area contributed by atoms with Crippen molar-refractivity contribution in [3.63, 3.8) is 0 Å². The van der Waals surface area contributed by atoms with Crippen LogP contribution in [0.25, 0.3) is 0 Å². The molecule has 0 unspecified atom stereocenters. The van der Waals surface area contributed by atoms with E-state index < -0.39 is 0 Å². The van der Waals surface area contributed by atoms with Gasteiger partial charge in [0.1, 0.15) is 5.82 Å². The maximum Gasteiger partial charge on any atom is 0.234 e. The molecular weight excluding hydrogens is 285 g/mol. The van der Waals surface area contributed by atoms with Crippen molar-refractivity contribution in [2.24, 2.45) is 0 Å². The van der Waals surface area contributed by atoms with Crippen molar-refractivity contribution in [1.29, 1.82) is 0 Å². The molecule has 3 rings (SSSR count). The Morgan fingerprint density at radius 3 is 2.27 bits per heavy atom. The van der Waals surface area contributed by atoms with Crippen LogP contribution in [0, 0.1) is 19.7 Å². The number of rotatable bonds is 3. The van der Waals surface area contributed by atoms with Crippen molar-refractivity contribution in [2.45, 2.75) is 33.2 Å². The molecule has 2 heterocycles. The van der Waals surface area contributed by atoms with Gasteiger partial charge in [-0.1, -0.05) is 12.1 Å². The van der Waals surface area contributed by atoms with Gasteiger partial charge in [0.05, 0.1) is 23.6 Å². The average Bonchev–Trinajstić information content (AvgIpc) is 2.94. The molecule has 1 fully saturated rings. The summed E-state index contributed by atoms with van der Waals surface area (Å²) in [5.74, 6) is -0.652. The minimum atomic E-state index is -0.286. The van der Waals surface area contributed by atoms with Crippen LogP contribution in [-0.4, -0.2) is 21.6 Å². The van der Waals surface area contributed by atoms with E-state index in [0.717, 1.165) is 11.3 Å². The summed E-state index contributed by atoms with van der Waals surface area (Å²) >= 11 is 0. The SMILES string of the molecule is Cc1nn(Cc2ccc(F)cc2)c(C)c1N1C(=O)CCC1=O. The number of anilines is 1. The van der Waals surface area contributed by atoms with Gasteiger partial charge in [-0.05, 0) is 31.5 Å². The Morgan fingerprint density at radius 2 is 1.68 bits per heavy atom.